The maximum Gasteiger partial charge on any atom is 0.377 e. The van der Waals surface area contributed by atoms with E-state index in [9.17, 15) is 9.59 Å². The summed E-state index contributed by atoms with van der Waals surface area (Å²) >= 11 is 0. The lowest BCUT2D eigenvalue weighted by molar-refractivity contribution is 0.0585. The highest BCUT2D eigenvalue weighted by Crippen LogP contribution is 2.02. The van der Waals surface area contributed by atoms with Crippen LogP contribution in [0.15, 0.2) is 24.5 Å². The van der Waals surface area contributed by atoms with E-state index in [1.54, 1.807) is 12.1 Å². The van der Waals surface area contributed by atoms with Gasteiger partial charge in [0.15, 0.2) is 0 Å². The van der Waals surface area contributed by atoms with Crippen molar-refractivity contribution in [2.45, 2.75) is 6.54 Å². The maximum atomic E-state index is 11.2. The highest BCUT2D eigenvalue weighted by molar-refractivity contribution is 5.85. The maximum absolute atomic E-state index is 11.2. The van der Waals surface area contributed by atoms with Gasteiger partial charge in [0.2, 0.25) is 0 Å². The van der Waals surface area contributed by atoms with Gasteiger partial charge in [-0.25, -0.2) is 24.2 Å². The number of carbonyl (C=O) groups excluding carboxylic acids is 1. The van der Waals surface area contributed by atoms with Crippen molar-refractivity contribution in [3.63, 3.8) is 0 Å². The third-order valence-corrected chi connectivity index (χ3v) is 2.25. The van der Waals surface area contributed by atoms with Gasteiger partial charge in [-0.2, -0.15) is 0 Å². The van der Waals surface area contributed by atoms with Crippen molar-refractivity contribution in [3.05, 3.63) is 41.7 Å². The SMILES string of the molecule is COC(=O)c1ncn(Cc2cccc(C(=O)O)n2)n1. The van der Waals surface area contributed by atoms with Crippen molar-refractivity contribution >= 4 is 11.9 Å². The first-order valence-electron chi connectivity index (χ1n) is 5.27. The van der Waals surface area contributed by atoms with Crippen molar-refractivity contribution in [1.29, 1.82) is 0 Å². The van der Waals surface area contributed by atoms with E-state index in [1.165, 1.54) is 24.2 Å². The molecule has 0 aromatic carbocycles. The normalized spacial score (nSPS) is 10.2. The molecule has 0 bridgehead atoms. The first-order chi connectivity index (χ1) is 9.10. The van der Waals surface area contributed by atoms with Crippen LogP contribution in [-0.4, -0.2) is 43.9 Å². The molecular formula is C11H10N4O4. The molecule has 0 saturated carbocycles. The molecule has 8 heteroatoms. The second-order valence-electron chi connectivity index (χ2n) is 3.58. The minimum atomic E-state index is -1.10. The molecule has 0 atom stereocenters. The Balaban J connectivity index is 2.17. The fourth-order valence-corrected chi connectivity index (χ4v) is 1.41. The lowest BCUT2D eigenvalue weighted by Gasteiger charge is -2.01. The number of aromatic nitrogens is 4. The zero-order valence-electron chi connectivity index (χ0n) is 9.98. The molecular weight excluding hydrogens is 252 g/mol. The van der Waals surface area contributed by atoms with Gasteiger partial charge < -0.3 is 9.84 Å². The number of carboxylic acid groups (broad SMARTS) is 1. The molecule has 0 spiro atoms. The molecule has 19 heavy (non-hydrogen) atoms. The highest BCUT2D eigenvalue weighted by Gasteiger charge is 2.12. The standard InChI is InChI=1S/C11H10N4O4/c1-19-11(18)9-12-6-15(14-9)5-7-3-2-4-8(13-7)10(16)17/h2-4,6H,5H2,1H3,(H,16,17). The van der Waals surface area contributed by atoms with Crippen LogP contribution in [0.2, 0.25) is 0 Å². The number of esters is 1. The Morgan fingerprint density at radius 2 is 2.21 bits per heavy atom. The fourth-order valence-electron chi connectivity index (χ4n) is 1.41. The predicted molar refractivity (Wildman–Crippen MR) is 61.7 cm³/mol. The van der Waals surface area contributed by atoms with E-state index in [0.29, 0.717) is 5.69 Å². The van der Waals surface area contributed by atoms with Gasteiger partial charge >= 0.3 is 11.9 Å². The number of carbonyl (C=O) groups is 2. The zero-order valence-corrected chi connectivity index (χ0v) is 9.98. The average Bonchev–Trinajstić information content (AvgIpc) is 2.86. The number of hydrogen-bond donors (Lipinski definition) is 1. The number of pyridine rings is 1. The van der Waals surface area contributed by atoms with Crippen LogP contribution in [-0.2, 0) is 11.3 Å². The summed E-state index contributed by atoms with van der Waals surface area (Å²) in [6.45, 7) is 0.213. The van der Waals surface area contributed by atoms with E-state index in [-0.39, 0.29) is 18.1 Å². The molecule has 2 aromatic heterocycles. The highest BCUT2D eigenvalue weighted by atomic mass is 16.5. The monoisotopic (exact) mass is 262 g/mol. The van der Waals surface area contributed by atoms with Gasteiger partial charge in [-0.15, -0.1) is 5.10 Å². The number of nitrogens with zero attached hydrogens (tertiary/aromatic N) is 4. The molecule has 1 N–H and O–H groups in total. The Morgan fingerprint density at radius 1 is 1.42 bits per heavy atom. The van der Waals surface area contributed by atoms with Gasteiger partial charge in [-0.3, -0.25) is 0 Å². The average molecular weight is 262 g/mol. The Morgan fingerprint density at radius 3 is 2.89 bits per heavy atom. The van der Waals surface area contributed by atoms with Gasteiger partial charge in [-0.1, -0.05) is 6.07 Å². The largest absolute Gasteiger partial charge is 0.477 e. The molecule has 0 radical (unpaired) electrons. The van der Waals surface area contributed by atoms with Crippen molar-refractivity contribution < 1.29 is 19.4 Å². The first kappa shape index (κ1) is 12.7. The van der Waals surface area contributed by atoms with Crippen molar-refractivity contribution in [2.24, 2.45) is 0 Å². The number of hydrogen-bond acceptors (Lipinski definition) is 6. The van der Waals surface area contributed by atoms with Crippen LogP contribution < -0.4 is 0 Å². The molecule has 2 rings (SSSR count). The Hall–Kier alpha value is -2.77. The predicted octanol–water partition coefficient (Wildman–Crippen LogP) is 0.206. The van der Waals surface area contributed by atoms with Crippen LogP contribution >= 0.6 is 0 Å². The number of rotatable bonds is 4. The van der Waals surface area contributed by atoms with Gasteiger partial charge in [0.1, 0.15) is 12.0 Å². The molecule has 0 fully saturated rings. The minimum absolute atomic E-state index is 0.0502. The molecule has 2 aromatic rings. The Kier molecular flexibility index (Phi) is 3.51. The quantitative estimate of drug-likeness (QED) is 0.784. The van der Waals surface area contributed by atoms with Crippen LogP contribution in [0.3, 0.4) is 0 Å². The number of aromatic carboxylic acids is 1. The van der Waals surface area contributed by atoms with Gasteiger partial charge in [0, 0.05) is 0 Å². The molecule has 2 heterocycles. The van der Waals surface area contributed by atoms with E-state index in [1.807, 2.05) is 0 Å². The molecule has 0 amide bonds. The molecule has 98 valence electrons. The van der Waals surface area contributed by atoms with E-state index < -0.39 is 11.9 Å². The minimum Gasteiger partial charge on any atom is -0.477 e. The van der Waals surface area contributed by atoms with Gasteiger partial charge in [-0.05, 0) is 12.1 Å². The topological polar surface area (TPSA) is 107 Å². The summed E-state index contributed by atoms with van der Waals surface area (Å²) in [5.41, 5.74) is 0.451. The number of carboxylic acids is 1. The fraction of sp³-hybridized carbons (Fsp3) is 0.182. The van der Waals surface area contributed by atoms with E-state index in [0.717, 1.165) is 0 Å². The van der Waals surface area contributed by atoms with Crippen LogP contribution in [0.1, 0.15) is 26.8 Å². The summed E-state index contributed by atoms with van der Waals surface area (Å²) in [5, 5.41) is 12.7. The molecule has 0 aliphatic heterocycles. The number of ether oxygens (including phenoxy) is 1. The summed E-state index contributed by atoms with van der Waals surface area (Å²) in [4.78, 5) is 29.7. The smallest absolute Gasteiger partial charge is 0.377 e. The molecule has 8 nitrogen and oxygen atoms in total. The van der Waals surface area contributed by atoms with Crippen molar-refractivity contribution in [2.75, 3.05) is 7.11 Å². The van der Waals surface area contributed by atoms with Crippen LogP contribution in [0.4, 0.5) is 0 Å². The summed E-state index contributed by atoms with van der Waals surface area (Å²) in [5.74, 6) is -1.79. The van der Waals surface area contributed by atoms with Gasteiger partial charge in [0.25, 0.3) is 5.82 Å². The summed E-state index contributed by atoms with van der Waals surface area (Å²) in [6, 6.07) is 4.64. The van der Waals surface area contributed by atoms with Crippen LogP contribution in [0, 0.1) is 0 Å². The molecule has 0 unspecified atom stereocenters. The van der Waals surface area contributed by atoms with E-state index in [4.69, 9.17) is 5.11 Å². The van der Waals surface area contributed by atoms with Crippen LogP contribution in [0.5, 0.6) is 0 Å². The second kappa shape index (κ2) is 5.25. The molecule has 0 aliphatic carbocycles. The first-order valence-corrected chi connectivity index (χ1v) is 5.27. The van der Waals surface area contributed by atoms with Crippen molar-refractivity contribution in [3.8, 4) is 0 Å². The zero-order chi connectivity index (χ0) is 13.8. The molecule has 0 saturated heterocycles. The molecule has 0 aliphatic rings. The summed E-state index contributed by atoms with van der Waals surface area (Å²) < 4.78 is 5.85. The van der Waals surface area contributed by atoms with E-state index >= 15 is 0 Å². The Labute approximate surface area is 107 Å². The lowest BCUT2D eigenvalue weighted by Crippen LogP contribution is -2.08. The van der Waals surface area contributed by atoms with Gasteiger partial charge in [0.05, 0.1) is 19.3 Å². The van der Waals surface area contributed by atoms with E-state index in [2.05, 4.69) is 19.8 Å². The van der Waals surface area contributed by atoms with Crippen molar-refractivity contribution in [1.82, 2.24) is 19.7 Å². The Bertz CT molecular complexity index is 623. The second-order valence-corrected chi connectivity index (χ2v) is 3.58. The number of methoxy groups -OCH3 is 1. The summed E-state index contributed by atoms with van der Waals surface area (Å²) in [7, 11) is 1.24. The third kappa shape index (κ3) is 2.92. The lowest BCUT2D eigenvalue weighted by atomic mass is 10.3. The third-order valence-electron chi connectivity index (χ3n) is 2.25. The summed E-state index contributed by atoms with van der Waals surface area (Å²) in [6.07, 6.45) is 1.35. The van der Waals surface area contributed by atoms with Crippen LogP contribution in [0.25, 0.3) is 0 Å².